The van der Waals surface area contributed by atoms with Crippen LogP contribution >= 0.6 is 0 Å². The lowest BCUT2D eigenvalue weighted by Gasteiger charge is -2.23. The van der Waals surface area contributed by atoms with Gasteiger partial charge in [0.15, 0.2) is 17.3 Å². The molecule has 4 rings (SSSR count). The van der Waals surface area contributed by atoms with Crippen LogP contribution in [-0.4, -0.2) is 31.4 Å². The maximum Gasteiger partial charge on any atom is 0.221 e. The van der Waals surface area contributed by atoms with Gasteiger partial charge in [-0.25, -0.2) is 0 Å². The van der Waals surface area contributed by atoms with Crippen LogP contribution in [0.1, 0.15) is 34.8 Å². The molecule has 0 atom stereocenters. The van der Waals surface area contributed by atoms with Gasteiger partial charge in [0.1, 0.15) is 0 Å². The van der Waals surface area contributed by atoms with Gasteiger partial charge < -0.3 is 20.1 Å². The van der Waals surface area contributed by atoms with Crippen LogP contribution in [0.5, 0.6) is 11.5 Å². The summed E-state index contributed by atoms with van der Waals surface area (Å²) in [5.74, 6) is 1.25. The molecule has 0 saturated heterocycles. The van der Waals surface area contributed by atoms with Crippen LogP contribution in [0.3, 0.4) is 0 Å². The highest BCUT2D eigenvalue weighted by molar-refractivity contribution is 6.09. The number of carbonyl (C=O) groups excluding carboxylic acids is 2. The molecule has 6 heteroatoms. The molecule has 2 N–H and O–H groups in total. The Labute approximate surface area is 163 Å². The molecule has 2 aliphatic heterocycles. The molecular formula is C22H22N2O4. The van der Waals surface area contributed by atoms with Crippen LogP contribution in [0.4, 0.5) is 5.69 Å². The van der Waals surface area contributed by atoms with Gasteiger partial charge in [0, 0.05) is 48.5 Å². The molecule has 0 bridgehead atoms. The first-order chi connectivity index (χ1) is 13.6. The summed E-state index contributed by atoms with van der Waals surface area (Å²) in [7, 11) is 0. The summed E-state index contributed by atoms with van der Waals surface area (Å²) in [5.41, 5.74) is 4.12. The second-order valence-electron chi connectivity index (χ2n) is 6.86. The number of anilines is 1. The molecular weight excluding hydrogens is 356 g/mol. The average molecular weight is 378 g/mol. The van der Waals surface area contributed by atoms with Crippen molar-refractivity contribution >= 4 is 23.1 Å². The summed E-state index contributed by atoms with van der Waals surface area (Å²) in [5, 5.41) is 6.02. The lowest BCUT2D eigenvalue weighted by atomic mass is 9.95. The number of amides is 1. The van der Waals surface area contributed by atoms with E-state index in [4.69, 9.17) is 9.47 Å². The van der Waals surface area contributed by atoms with Gasteiger partial charge in [0.25, 0.3) is 0 Å². The van der Waals surface area contributed by atoms with Crippen molar-refractivity contribution in [3.8, 4) is 11.5 Å². The van der Waals surface area contributed by atoms with Crippen molar-refractivity contribution in [2.75, 3.05) is 25.1 Å². The fourth-order valence-corrected chi connectivity index (χ4v) is 3.40. The van der Waals surface area contributed by atoms with E-state index in [1.165, 1.54) is 6.92 Å². The Kier molecular flexibility index (Phi) is 5.02. The van der Waals surface area contributed by atoms with E-state index in [0.717, 1.165) is 47.7 Å². The van der Waals surface area contributed by atoms with Gasteiger partial charge in [0.2, 0.25) is 5.91 Å². The Bertz CT molecular complexity index is 948. The van der Waals surface area contributed by atoms with Crippen molar-refractivity contribution in [2.45, 2.75) is 19.8 Å². The fraction of sp³-hybridized carbons (Fsp3) is 0.273. The minimum atomic E-state index is -0.144. The lowest BCUT2D eigenvalue weighted by Crippen LogP contribution is -2.23. The number of nitrogens with one attached hydrogen (secondary N) is 2. The molecule has 2 aliphatic rings. The van der Waals surface area contributed by atoms with E-state index in [1.54, 1.807) is 30.3 Å². The highest BCUT2D eigenvalue weighted by Crippen LogP contribution is 2.36. The first-order valence-electron chi connectivity index (χ1n) is 9.40. The summed E-state index contributed by atoms with van der Waals surface area (Å²) < 4.78 is 11.6. The van der Waals surface area contributed by atoms with Crippen LogP contribution in [-0.2, 0) is 11.2 Å². The highest BCUT2D eigenvalue weighted by atomic mass is 16.5. The Morgan fingerprint density at radius 3 is 2.50 bits per heavy atom. The second-order valence-corrected chi connectivity index (χ2v) is 6.86. The minimum Gasteiger partial charge on any atom is -0.490 e. The Balaban J connectivity index is 1.61. The fourth-order valence-electron chi connectivity index (χ4n) is 3.40. The molecule has 28 heavy (non-hydrogen) atoms. The second kappa shape index (κ2) is 7.76. The number of fused-ring (bicyclic) bond motifs is 2. The van der Waals surface area contributed by atoms with Crippen LogP contribution in [0.2, 0.25) is 0 Å². The number of ether oxygens (including phenoxy) is 2. The zero-order chi connectivity index (χ0) is 19.5. The predicted octanol–water partition coefficient (Wildman–Crippen LogP) is 3.18. The van der Waals surface area contributed by atoms with E-state index in [9.17, 15) is 9.59 Å². The molecule has 0 aromatic heterocycles. The predicted molar refractivity (Wildman–Crippen MR) is 107 cm³/mol. The number of hydrogen-bond donors (Lipinski definition) is 2. The number of carbonyl (C=O) groups is 2. The summed E-state index contributed by atoms with van der Waals surface area (Å²) >= 11 is 0. The van der Waals surface area contributed by atoms with E-state index in [-0.39, 0.29) is 11.7 Å². The molecule has 0 saturated carbocycles. The molecule has 2 aromatic carbocycles. The van der Waals surface area contributed by atoms with Crippen molar-refractivity contribution in [2.24, 2.45) is 0 Å². The molecule has 0 spiro atoms. The Morgan fingerprint density at radius 1 is 1.07 bits per heavy atom. The first kappa shape index (κ1) is 18.1. The maximum absolute atomic E-state index is 12.7. The van der Waals surface area contributed by atoms with Crippen LogP contribution in [0, 0.1) is 0 Å². The minimum absolute atomic E-state index is 0.100. The van der Waals surface area contributed by atoms with Gasteiger partial charge in [0.05, 0.1) is 13.2 Å². The van der Waals surface area contributed by atoms with Crippen molar-refractivity contribution in [1.29, 1.82) is 0 Å². The average Bonchev–Trinajstić information content (AvgIpc) is 2.91. The monoisotopic (exact) mass is 378 g/mol. The molecule has 0 aliphatic carbocycles. The van der Waals surface area contributed by atoms with Gasteiger partial charge in [-0.1, -0.05) is 0 Å². The van der Waals surface area contributed by atoms with E-state index in [2.05, 4.69) is 10.6 Å². The summed E-state index contributed by atoms with van der Waals surface area (Å²) in [6.07, 6.45) is 3.34. The highest BCUT2D eigenvalue weighted by Gasteiger charge is 2.20. The lowest BCUT2D eigenvalue weighted by molar-refractivity contribution is -0.114. The number of hydrogen-bond acceptors (Lipinski definition) is 5. The Hall–Kier alpha value is -3.28. The zero-order valence-electron chi connectivity index (χ0n) is 15.7. The molecule has 0 fully saturated rings. The third-order valence-electron chi connectivity index (χ3n) is 4.74. The number of ketones is 1. The smallest absolute Gasteiger partial charge is 0.221 e. The van der Waals surface area contributed by atoms with Crippen molar-refractivity contribution in [3.05, 3.63) is 59.2 Å². The largest absolute Gasteiger partial charge is 0.490 e. The van der Waals surface area contributed by atoms with E-state index < -0.39 is 0 Å². The summed E-state index contributed by atoms with van der Waals surface area (Å²) in [6, 6.07) is 10.9. The van der Waals surface area contributed by atoms with Crippen LogP contribution in [0.25, 0.3) is 5.70 Å². The first-order valence-corrected chi connectivity index (χ1v) is 9.40. The normalized spacial score (nSPS) is 16.5. The summed E-state index contributed by atoms with van der Waals surface area (Å²) in [4.78, 5) is 23.9. The number of benzene rings is 2. The van der Waals surface area contributed by atoms with Crippen LogP contribution < -0.4 is 20.1 Å². The van der Waals surface area contributed by atoms with Gasteiger partial charge >= 0.3 is 0 Å². The topological polar surface area (TPSA) is 76.7 Å². The number of rotatable bonds is 3. The molecule has 0 radical (unpaired) electrons. The van der Waals surface area contributed by atoms with Crippen molar-refractivity contribution < 1.29 is 19.1 Å². The summed E-state index contributed by atoms with van der Waals surface area (Å²) in [6.45, 7) is 3.48. The van der Waals surface area contributed by atoms with Gasteiger partial charge in [-0.2, -0.15) is 0 Å². The van der Waals surface area contributed by atoms with Crippen molar-refractivity contribution in [3.63, 3.8) is 0 Å². The van der Waals surface area contributed by atoms with E-state index in [1.807, 2.05) is 12.1 Å². The zero-order valence-corrected chi connectivity index (χ0v) is 15.7. The van der Waals surface area contributed by atoms with Crippen LogP contribution in [0.15, 0.2) is 42.5 Å². The molecule has 1 amide bonds. The molecule has 144 valence electrons. The standard InChI is InChI=1S/C22H22N2O4/c1-14(25)24-17-5-3-15(4-6-17)20(26)13-19-18-12-22-21(27-9-2-10-28-22)11-16(18)7-8-23-19/h3-6,11-13,23H,2,7-10H2,1H3,(H,24,25). The number of allylic oxidation sites excluding steroid dienone is 1. The molecule has 2 heterocycles. The maximum atomic E-state index is 12.7. The van der Waals surface area contributed by atoms with Gasteiger partial charge in [-0.3, -0.25) is 9.59 Å². The third kappa shape index (κ3) is 3.86. The molecule has 6 nitrogen and oxygen atoms in total. The van der Waals surface area contributed by atoms with E-state index in [0.29, 0.717) is 24.5 Å². The Morgan fingerprint density at radius 2 is 1.79 bits per heavy atom. The van der Waals surface area contributed by atoms with E-state index >= 15 is 0 Å². The molecule has 0 unspecified atom stereocenters. The van der Waals surface area contributed by atoms with Gasteiger partial charge in [-0.15, -0.1) is 0 Å². The van der Waals surface area contributed by atoms with Crippen molar-refractivity contribution in [1.82, 2.24) is 5.32 Å². The van der Waals surface area contributed by atoms with Gasteiger partial charge in [-0.05, 0) is 48.4 Å². The quantitative estimate of drug-likeness (QED) is 0.634. The molecule has 2 aromatic rings. The third-order valence-corrected chi connectivity index (χ3v) is 4.74. The SMILES string of the molecule is CC(=O)Nc1ccc(C(=O)C=C2NCCc3cc4c(cc32)OCCCO4)cc1.